The van der Waals surface area contributed by atoms with Crippen LogP contribution < -0.4 is 16.0 Å². The number of halogens is 2. The molecular formula is C20H22BrFN8O. The van der Waals surface area contributed by atoms with Gasteiger partial charge in [0.25, 0.3) is 0 Å². The van der Waals surface area contributed by atoms with E-state index in [0.29, 0.717) is 22.5 Å². The second-order valence-electron chi connectivity index (χ2n) is 7.07. The number of hydrogen-bond acceptors (Lipinski definition) is 6. The molecule has 1 fully saturated rings. The molecule has 2 amide bonds. The van der Waals surface area contributed by atoms with Crippen molar-refractivity contribution in [1.82, 2.24) is 24.8 Å². The van der Waals surface area contributed by atoms with Gasteiger partial charge in [-0.1, -0.05) is 0 Å². The number of likely N-dealkylation sites (tertiary alicyclic amines) is 1. The number of hydrogen-bond donors (Lipinski definition) is 4. The molecule has 0 radical (unpaired) electrons. The lowest BCUT2D eigenvalue weighted by molar-refractivity contribution is 0.222. The highest BCUT2D eigenvalue weighted by molar-refractivity contribution is 9.10. The number of urea groups is 1. The van der Waals surface area contributed by atoms with Gasteiger partial charge in [0.15, 0.2) is 0 Å². The van der Waals surface area contributed by atoms with E-state index in [4.69, 9.17) is 0 Å². The van der Waals surface area contributed by atoms with Crippen LogP contribution in [0.4, 0.5) is 32.3 Å². The molecule has 4 N–H and O–H groups in total. The number of anilines is 4. The van der Waals surface area contributed by atoms with Gasteiger partial charge in [0.1, 0.15) is 11.6 Å². The van der Waals surface area contributed by atoms with E-state index in [-0.39, 0.29) is 17.7 Å². The highest BCUT2D eigenvalue weighted by atomic mass is 79.9. The average molecular weight is 489 g/mol. The number of rotatable bonds is 7. The van der Waals surface area contributed by atoms with E-state index in [0.717, 1.165) is 38.0 Å². The molecule has 0 bridgehead atoms. The molecule has 3 aromatic rings. The van der Waals surface area contributed by atoms with Gasteiger partial charge in [-0.2, -0.15) is 4.98 Å². The molecule has 1 aliphatic heterocycles. The van der Waals surface area contributed by atoms with E-state index < -0.39 is 5.82 Å². The van der Waals surface area contributed by atoms with Crippen molar-refractivity contribution in [2.45, 2.75) is 19.3 Å². The summed E-state index contributed by atoms with van der Waals surface area (Å²) in [5, 5.41) is 8.91. The summed E-state index contributed by atoms with van der Waals surface area (Å²) in [6.45, 7) is 2.09. The summed E-state index contributed by atoms with van der Waals surface area (Å²) in [6, 6.07) is 4.17. The van der Waals surface area contributed by atoms with Crippen molar-refractivity contribution in [3.63, 3.8) is 0 Å². The van der Waals surface area contributed by atoms with E-state index in [1.54, 1.807) is 17.4 Å². The number of carbonyl (C=O) groups is 1. The van der Waals surface area contributed by atoms with Crippen LogP contribution in [-0.2, 0) is 6.42 Å². The van der Waals surface area contributed by atoms with Crippen LogP contribution in [0, 0.1) is 5.82 Å². The van der Waals surface area contributed by atoms with Gasteiger partial charge >= 0.3 is 6.03 Å². The van der Waals surface area contributed by atoms with Crippen LogP contribution in [-0.4, -0.2) is 50.5 Å². The summed E-state index contributed by atoms with van der Waals surface area (Å²) in [5.41, 5.74) is 1.60. The summed E-state index contributed by atoms with van der Waals surface area (Å²) < 4.78 is 15.0. The molecule has 1 aliphatic rings. The lowest BCUT2D eigenvalue weighted by Gasteiger charge is -2.17. The summed E-state index contributed by atoms with van der Waals surface area (Å²) in [6.07, 6.45) is 7.78. The van der Waals surface area contributed by atoms with Crippen molar-refractivity contribution in [2.24, 2.45) is 0 Å². The number of aromatic nitrogens is 4. The molecule has 2 aromatic heterocycles. The number of nitrogens with one attached hydrogen (secondary N) is 4. The Balaban J connectivity index is 1.42. The van der Waals surface area contributed by atoms with Crippen LogP contribution in [0.2, 0.25) is 0 Å². The Morgan fingerprint density at radius 3 is 2.87 bits per heavy atom. The van der Waals surface area contributed by atoms with E-state index in [1.165, 1.54) is 18.2 Å². The zero-order valence-corrected chi connectivity index (χ0v) is 18.2. The van der Waals surface area contributed by atoms with Gasteiger partial charge in [-0.15, -0.1) is 0 Å². The molecule has 31 heavy (non-hydrogen) atoms. The second-order valence-corrected chi connectivity index (χ2v) is 7.93. The molecule has 0 unspecified atom stereocenters. The molecule has 9 nitrogen and oxygen atoms in total. The van der Waals surface area contributed by atoms with Crippen molar-refractivity contribution >= 4 is 45.1 Å². The zero-order chi connectivity index (χ0) is 21.6. The second kappa shape index (κ2) is 9.73. The number of H-pyrrole nitrogens is 1. The third-order valence-electron chi connectivity index (χ3n) is 4.83. The van der Waals surface area contributed by atoms with Crippen molar-refractivity contribution < 1.29 is 9.18 Å². The molecule has 11 heteroatoms. The summed E-state index contributed by atoms with van der Waals surface area (Å²) in [4.78, 5) is 29.7. The Kier molecular flexibility index (Phi) is 6.60. The minimum absolute atomic E-state index is 0.170. The number of carbonyl (C=O) groups excluding carboxylic acids is 1. The topological polar surface area (TPSA) is 111 Å². The van der Waals surface area contributed by atoms with E-state index in [1.807, 2.05) is 6.20 Å². The van der Waals surface area contributed by atoms with Crippen LogP contribution >= 0.6 is 15.9 Å². The fourth-order valence-corrected chi connectivity index (χ4v) is 3.56. The van der Waals surface area contributed by atoms with Gasteiger partial charge in [-0.3, -0.25) is 0 Å². The summed E-state index contributed by atoms with van der Waals surface area (Å²) in [7, 11) is 0. The number of benzene rings is 1. The first-order chi connectivity index (χ1) is 15.1. The molecule has 0 saturated carbocycles. The van der Waals surface area contributed by atoms with Crippen molar-refractivity contribution in [2.75, 3.05) is 35.6 Å². The van der Waals surface area contributed by atoms with Crippen LogP contribution in [0.15, 0.2) is 41.4 Å². The third-order valence-corrected chi connectivity index (χ3v) is 5.41. The Morgan fingerprint density at radius 1 is 1.26 bits per heavy atom. The summed E-state index contributed by atoms with van der Waals surface area (Å²) >= 11 is 3.42. The molecule has 4 rings (SSSR count). The number of nitrogens with zero attached hydrogens (tertiary/aromatic N) is 4. The predicted octanol–water partition coefficient (Wildman–Crippen LogP) is 4.13. The van der Waals surface area contributed by atoms with Gasteiger partial charge in [-0.25, -0.2) is 19.2 Å². The van der Waals surface area contributed by atoms with Crippen molar-refractivity contribution in [1.29, 1.82) is 0 Å². The monoisotopic (exact) mass is 488 g/mol. The van der Waals surface area contributed by atoms with E-state index >= 15 is 0 Å². The normalized spacial score (nSPS) is 13.3. The van der Waals surface area contributed by atoms with Gasteiger partial charge in [0.05, 0.1) is 22.2 Å². The van der Waals surface area contributed by atoms with E-state index in [2.05, 4.69) is 51.8 Å². The maximum absolute atomic E-state index is 14.4. The highest BCUT2D eigenvalue weighted by Gasteiger charge is 2.18. The average Bonchev–Trinajstić information content (AvgIpc) is 3.47. The van der Waals surface area contributed by atoms with Crippen molar-refractivity contribution in [3.05, 3.63) is 52.9 Å². The van der Waals surface area contributed by atoms with Crippen LogP contribution in [0.1, 0.15) is 18.5 Å². The number of amides is 2. The predicted molar refractivity (Wildman–Crippen MR) is 120 cm³/mol. The van der Waals surface area contributed by atoms with Crippen LogP contribution in [0.25, 0.3) is 0 Å². The molecule has 0 spiro atoms. The smallest absolute Gasteiger partial charge is 0.321 e. The minimum atomic E-state index is -0.473. The molecule has 162 valence electrons. The maximum atomic E-state index is 14.4. The fourth-order valence-electron chi connectivity index (χ4n) is 3.23. The molecule has 1 aromatic carbocycles. The quantitative estimate of drug-likeness (QED) is 0.397. The summed E-state index contributed by atoms with van der Waals surface area (Å²) in [5.74, 6) is 0.332. The molecule has 0 atom stereocenters. The Hall–Kier alpha value is -3.21. The maximum Gasteiger partial charge on any atom is 0.321 e. The third kappa shape index (κ3) is 5.48. The standard InChI is InChI=1S/C20H22BrFN8O/c21-15-11-25-19(29-18(15)24-6-5-14-10-23-12-26-14)28-17-9-13(3-4-16(17)22)27-20(31)30-7-1-2-8-30/h3-4,9-12H,1-2,5-8H2,(H,23,26)(H,27,31)(H2,24,25,28,29). The van der Waals surface area contributed by atoms with Gasteiger partial charge in [0.2, 0.25) is 5.95 Å². The SMILES string of the molecule is O=C(Nc1ccc(F)c(Nc2ncc(Br)c(NCCc3c[nH]cn3)n2)c1)N1CCCC1. The van der Waals surface area contributed by atoms with Crippen molar-refractivity contribution in [3.8, 4) is 0 Å². The first kappa shape index (κ1) is 21.0. The zero-order valence-electron chi connectivity index (χ0n) is 16.7. The van der Waals surface area contributed by atoms with E-state index in [9.17, 15) is 9.18 Å². The Morgan fingerprint density at radius 2 is 2.10 bits per heavy atom. The molecule has 3 heterocycles. The van der Waals surface area contributed by atoms with Gasteiger partial charge in [0, 0.05) is 44.1 Å². The number of aromatic amines is 1. The highest BCUT2D eigenvalue weighted by Crippen LogP contribution is 2.25. The van der Waals surface area contributed by atoms with Gasteiger partial charge < -0.3 is 25.8 Å². The Bertz CT molecular complexity index is 1040. The first-order valence-corrected chi connectivity index (χ1v) is 10.7. The minimum Gasteiger partial charge on any atom is -0.369 e. The van der Waals surface area contributed by atoms with Gasteiger partial charge in [-0.05, 0) is 47.0 Å². The molecular weight excluding hydrogens is 467 g/mol. The van der Waals surface area contributed by atoms with Crippen LogP contribution in [0.5, 0.6) is 0 Å². The first-order valence-electron chi connectivity index (χ1n) is 9.95. The number of imidazole rings is 1. The molecule has 1 saturated heterocycles. The lowest BCUT2D eigenvalue weighted by atomic mass is 10.2. The lowest BCUT2D eigenvalue weighted by Crippen LogP contribution is -2.32. The van der Waals surface area contributed by atoms with Crippen LogP contribution in [0.3, 0.4) is 0 Å². The largest absolute Gasteiger partial charge is 0.369 e. The molecule has 0 aliphatic carbocycles. The fraction of sp³-hybridized carbons (Fsp3) is 0.300. The Labute approximate surface area is 187 Å².